The number of hydrogen-bond donors (Lipinski definition) is 1. The number of nitrogens with zero attached hydrogens (tertiary/aromatic N) is 2. The highest BCUT2D eigenvalue weighted by molar-refractivity contribution is 14.1. The molecule has 0 atom stereocenters. The molecule has 0 radical (unpaired) electrons. The van der Waals surface area contributed by atoms with Gasteiger partial charge in [0.05, 0.1) is 5.52 Å². The summed E-state index contributed by atoms with van der Waals surface area (Å²) in [5.74, 6) is 0.804. The van der Waals surface area contributed by atoms with Gasteiger partial charge in [0, 0.05) is 20.5 Å². The zero-order chi connectivity index (χ0) is 14.8. The summed E-state index contributed by atoms with van der Waals surface area (Å²) in [6.07, 6.45) is 1.57. The van der Waals surface area contributed by atoms with E-state index in [1.807, 2.05) is 18.2 Å². The highest BCUT2D eigenvalue weighted by Gasteiger charge is 2.05. The molecule has 3 aromatic rings. The van der Waals surface area contributed by atoms with Crippen molar-refractivity contribution in [2.24, 2.45) is 0 Å². The van der Waals surface area contributed by atoms with Crippen molar-refractivity contribution in [1.29, 1.82) is 0 Å². The van der Waals surface area contributed by atoms with Crippen LogP contribution >= 0.6 is 34.2 Å². The maximum atomic E-state index is 6.06. The lowest BCUT2D eigenvalue weighted by molar-refractivity contribution is 1.10. The molecule has 0 amide bonds. The Hall–Kier alpha value is -1.40. The molecule has 0 bridgehead atoms. The molecule has 1 heterocycles. The highest BCUT2D eigenvalue weighted by Crippen LogP contribution is 2.23. The maximum absolute atomic E-state index is 6.06. The first kappa shape index (κ1) is 14.5. The number of aryl methyl sites for hydroxylation is 1. The van der Waals surface area contributed by atoms with Gasteiger partial charge >= 0.3 is 0 Å². The van der Waals surface area contributed by atoms with E-state index in [1.54, 1.807) is 6.33 Å². The van der Waals surface area contributed by atoms with Gasteiger partial charge in [0.25, 0.3) is 0 Å². The summed E-state index contributed by atoms with van der Waals surface area (Å²) in [5.41, 5.74) is 3.39. The molecule has 21 heavy (non-hydrogen) atoms. The molecule has 106 valence electrons. The number of aromatic nitrogens is 2. The van der Waals surface area contributed by atoms with Crippen molar-refractivity contribution >= 4 is 50.9 Å². The van der Waals surface area contributed by atoms with E-state index in [9.17, 15) is 0 Å². The Balaban J connectivity index is 1.88. The third-order valence-electron chi connectivity index (χ3n) is 3.28. The van der Waals surface area contributed by atoms with Crippen molar-refractivity contribution in [3.05, 3.63) is 62.4 Å². The van der Waals surface area contributed by atoms with Crippen molar-refractivity contribution in [2.75, 3.05) is 5.32 Å². The summed E-state index contributed by atoms with van der Waals surface area (Å²) in [7, 11) is 0. The van der Waals surface area contributed by atoms with Crippen LogP contribution in [0, 0.1) is 10.5 Å². The average molecular weight is 410 g/mol. The summed E-state index contributed by atoms with van der Waals surface area (Å²) in [5, 5.41) is 4.99. The summed E-state index contributed by atoms with van der Waals surface area (Å²) in [6, 6.07) is 12.1. The number of benzene rings is 2. The van der Waals surface area contributed by atoms with E-state index in [-0.39, 0.29) is 0 Å². The second-order valence-corrected chi connectivity index (χ2v) is 6.42. The molecule has 1 N–H and O–H groups in total. The average Bonchev–Trinajstić information content (AvgIpc) is 2.48. The second kappa shape index (κ2) is 6.15. The van der Waals surface area contributed by atoms with E-state index in [2.05, 4.69) is 63.0 Å². The highest BCUT2D eigenvalue weighted by atomic mass is 127. The van der Waals surface area contributed by atoms with Crippen LogP contribution in [0.5, 0.6) is 0 Å². The zero-order valence-corrected chi connectivity index (χ0v) is 14.3. The van der Waals surface area contributed by atoms with Crippen LogP contribution in [-0.2, 0) is 6.54 Å². The number of hydrogen-bond acceptors (Lipinski definition) is 3. The van der Waals surface area contributed by atoms with Crippen molar-refractivity contribution in [2.45, 2.75) is 13.5 Å². The Labute approximate surface area is 141 Å². The van der Waals surface area contributed by atoms with Gasteiger partial charge in [-0.3, -0.25) is 0 Å². The number of fused-ring (bicyclic) bond motifs is 1. The second-order valence-electron chi connectivity index (χ2n) is 4.82. The molecule has 0 aliphatic rings. The molecule has 0 fully saturated rings. The van der Waals surface area contributed by atoms with Gasteiger partial charge in [0.2, 0.25) is 0 Å². The summed E-state index contributed by atoms with van der Waals surface area (Å²) < 4.78 is 1.27. The Morgan fingerprint density at radius 1 is 1.14 bits per heavy atom. The summed E-state index contributed by atoms with van der Waals surface area (Å²) in [6.45, 7) is 2.83. The Morgan fingerprint density at radius 3 is 2.81 bits per heavy atom. The molecule has 3 rings (SSSR count). The van der Waals surface area contributed by atoms with Crippen LogP contribution in [0.1, 0.15) is 11.1 Å². The van der Waals surface area contributed by atoms with Crippen LogP contribution in [0.15, 0.2) is 42.7 Å². The van der Waals surface area contributed by atoms with Crippen LogP contribution < -0.4 is 5.32 Å². The van der Waals surface area contributed by atoms with Crippen LogP contribution in [0.4, 0.5) is 5.82 Å². The first-order chi connectivity index (χ1) is 10.1. The topological polar surface area (TPSA) is 37.8 Å². The van der Waals surface area contributed by atoms with Gasteiger partial charge in [0.15, 0.2) is 0 Å². The molecule has 0 saturated carbocycles. The number of rotatable bonds is 3. The van der Waals surface area contributed by atoms with Crippen LogP contribution in [0.25, 0.3) is 10.9 Å². The smallest absolute Gasteiger partial charge is 0.137 e. The first-order valence-corrected chi connectivity index (χ1v) is 7.98. The molecule has 0 aliphatic heterocycles. The minimum absolute atomic E-state index is 0.686. The zero-order valence-electron chi connectivity index (χ0n) is 11.4. The van der Waals surface area contributed by atoms with Crippen LogP contribution in [0.2, 0.25) is 5.02 Å². The van der Waals surface area contributed by atoms with Gasteiger partial charge in [-0.1, -0.05) is 23.7 Å². The van der Waals surface area contributed by atoms with Gasteiger partial charge in [-0.2, -0.15) is 0 Å². The van der Waals surface area contributed by atoms with Gasteiger partial charge in [-0.15, -0.1) is 0 Å². The van der Waals surface area contributed by atoms with E-state index in [0.29, 0.717) is 5.02 Å². The SMILES string of the molecule is Cc1cc(CNc2ncnc3ccc(Cl)cc23)ccc1I. The van der Waals surface area contributed by atoms with E-state index in [0.717, 1.165) is 23.3 Å². The van der Waals surface area contributed by atoms with E-state index in [1.165, 1.54) is 14.7 Å². The Morgan fingerprint density at radius 2 is 2.00 bits per heavy atom. The molecule has 0 unspecified atom stereocenters. The molecule has 2 aromatic carbocycles. The van der Waals surface area contributed by atoms with Crippen molar-refractivity contribution < 1.29 is 0 Å². The van der Waals surface area contributed by atoms with E-state index >= 15 is 0 Å². The lowest BCUT2D eigenvalue weighted by atomic mass is 10.1. The predicted molar refractivity (Wildman–Crippen MR) is 95.8 cm³/mol. The molecular formula is C16H13ClIN3. The monoisotopic (exact) mass is 409 g/mol. The quantitative estimate of drug-likeness (QED) is 0.631. The maximum Gasteiger partial charge on any atom is 0.137 e. The van der Waals surface area contributed by atoms with Gasteiger partial charge in [0.1, 0.15) is 12.1 Å². The van der Waals surface area contributed by atoms with Gasteiger partial charge < -0.3 is 5.32 Å². The number of anilines is 1. The number of nitrogens with one attached hydrogen (secondary N) is 1. The third-order valence-corrected chi connectivity index (χ3v) is 4.73. The lowest BCUT2D eigenvalue weighted by Crippen LogP contribution is -2.03. The fourth-order valence-corrected chi connectivity index (χ4v) is 2.68. The third kappa shape index (κ3) is 3.27. The summed E-state index contributed by atoms with van der Waals surface area (Å²) >= 11 is 8.40. The molecule has 0 aliphatic carbocycles. The van der Waals surface area contributed by atoms with Crippen molar-refractivity contribution in [1.82, 2.24) is 9.97 Å². The predicted octanol–water partition coefficient (Wildman–Crippen LogP) is 4.81. The molecule has 0 spiro atoms. The van der Waals surface area contributed by atoms with Crippen molar-refractivity contribution in [3.8, 4) is 0 Å². The normalized spacial score (nSPS) is 10.8. The fraction of sp³-hybridized carbons (Fsp3) is 0.125. The van der Waals surface area contributed by atoms with Gasteiger partial charge in [-0.25, -0.2) is 9.97 Å². The number of halogens is 2. The van der Waals surface area contributed by atoms with Crippen molar-refractivity contribution in [3.63, 3.8) is 0 Å². The van der Waals surface area contributed by atoms with Crippen LogP contribution in [0.3, 0.4) is 0 Å². The minimum Gasteiger partial charge on any atom is -0.365 e. The molecule has 5 heteroatoms. The molecule has 3 nitrogen and oxygen atoms in total. The van der Waals surface area contributed by atoms with E-state index < -0.39 is 0 Å². The summed E-state index contributed by atoms with van der Waals surface area (Å²) in [4.78, 5) is 8.57. The minimum atomic E-state index is 0.686. The largest absolute Gasteiger partial charge is 0.365 e. The molecular weight excluding hydrogens is 397 g/mol. The standard InChI is InChI=1S/C16H13ClIN3/c1-10-6-11(2-4-14(10)18)8-19-16-13-7-12(17)3-5-15(13)20-9-21-16/h2-7,9H,8H2,1H3,(H,19,20,21). The first-order valence-electron chi connectivity index (χ1n) is 6.52. The Kier molecular flexibility index (Phi) is 4.26. The van der Waals surface area contributed by atoms with E-state index in [4.69, 9.17) is 11.6 Å². The van der Waals surface area contributed by atoms with Crippen LogP contribution in [-0.4, -0.2) is 9.97 Å². The molecule has 0 saturated heterocycles. The lowest BCUT2D eigenvalue weighted by Gasteiger charge is -2.09. The molecule has 1 aromatic heterocycles. The fourth-order valence-electron chi connectivity index (χ4n) is 2.17. The Bertz CT molecular complexity index is 805. The van der Waals surface area contributed by atoms with Gasteiger partial charge in [-0.05, 0) is 64.9 Å².